The van der Waals surface area contributed by atoms with E-state index in [0.717, 1.165) is 12.8 Å². The first-order valence-electron chi connectivity index (χ1n) is 6.62. The molecule has 7 nitrogen and oxygen atoms in total. The Morgan fingerprint density at radius 2 is 2.10 bits per heavy atom. The van der Waals surface area contributed by atoms with Crippen molar-refractivity contribution in [3.8, 4) is 0 Å². The molecule has 1 amide bonds. The lowest BCUT2D eigenvalue weighted by Gasteiger charge is -2.23. The van der Waals surface area contributed by atoms with Crippen LogP contribution in [0, 0.1) is 0 Å². The number of morpholine rings is 1. The van der Waals surface area contributed by atoms with E-state index in [1.54, 1.807) is 24.3 Å². The van der Waals surface area contributed by atoms with Crippen LogP contribution in [0.3, 0.4) is 0 Å². The molecule has 2 rings (SSSR count). The number of amides is 1. The molecule has 1 aliphatic rings. The molecule has 1 aromatic rings. The largest absolute Gasteiger partial charge is 0.378 e. The number of para-hydroxylation sites is 2. The zero-order chi connectivity index (χ0) is 15.3. The lowest BCUT2D eigenvalue weighted by molar-refractivity contribution is -0.117. The summed E-state index contributed by atoms with van der Waals surface area (Å²) in [5, 5.41) is 5.91. The van der Waals surface area contributed by atoms with Crippen LogP contribution >= 0.6 is 0 Å². The van der Waals surface area contributed by atoms with Crippen LogP contribution in [0.5, 0.6) is 0 Å². The molecule has 1 atom stereocenters. The monoisotopic (exact) mass is 313 g/mol. The summed E-state index contributed by atoms with van der Waals surface area (Å²) in [6, 6.07) is 6.65. The van der Waals surface area contributed by atoms with Gasteiger partial charge in [-0.15, -0.1) is 0 Å². The van der Waals surface area contributed by atoms with E-state index in [4.69, 9.17) is 4.74 Å². The van der Waals surface area contributed by atoms with Crippen molar-refractivity contribution in [2.24, 2.45) is 0 Å². The zero-order valence-electron chi connectivity index (χ0n) is 11.8. The number of benzene rings is 1. The molecule has 1 unspecified atom stereocenters. The highest BCUT2D eigenvalue weighted by Gasteiger charge is 2.17. The first-order chi connectivity index (χ1) is 9.94. The average Bonchev–Trinajstić information content (AvgIpc) is 2.40. The molecular formula is C13H19N3O4S. The molecule has 0 spiro atoms. The maximum absolute atomic E-state index is 12.0. The molecule has 3 N–H and O–H groups in total. The third-order valence-corrected chi connectivity index (χ3v) is 3.52. The summed E-state index contributed by atoms with van der Waals surface area (Å²) in [5.74, 6) is -0.194. The first-order valence-corrected chi connectivity index (χ1v) is 8.51. The SMILES string of the molecule is CS(=O)(=O)Nc1ccccc1NC(=O)CC1COCCN1. The number of hydrogen-bond donors (Lipinski definition) is 3. The predicted molar refractivity (Wildman–Crippen MR) is 80.8 cm³/mol. The zero-order valence-corrected chi connectivity index (χ0v) is 12.6. The van der Waals surface area contributed by atoms with Crippen LogP contribution in [0.4, 0.5) is 11.4 Å². The molecule has 1 saturated heterocycles. The Balaban J connectivity index is 2.00. The lowest BCUT2D eigenvalue weighted by atomic mass is 10.2. The number of rotatable bonds is 5. The van der Waals surface area contributed by atoms with Gasteiger partial charge in [-0.1, -0.05) is 12.1 Å². The predicted octanol–water partition coefficient (Wildman–Crippen LogP) is 0.375. The van der Waals surface area contributed by atoms with Gasteiger partial charge in [-0.05, 0) is 12.1 Å². The summed E-state index contributed by atoms with van der Waals surface area (Å²) in [5.41, 5.74) is 0.783. The molecule has 0 bridgehead atoms. The minimum atomic E-state index is -3.40. The first kappa shape index (κ1) is 15.7. The van der Waals surface area contributed by atoms with Crippen molar-refractivity contribution in [2.75, 3.05) is 36.1 Å². The number of ether oxygens (including phenoxy) is 1. The van der Waals surface area contributed by atoms with Crippen molar-refractivity contribution < 1.29 is 17.9 Å². The molecule has 21 heavy (non-hydrogen) atoms. The fourth-order valence-electron chi connectivity index (χ4n) is 2.06. The highest BCUT2D eigenvalue weighted by atomic mass is 32.2. The lowest BCUT2D eigenvalue weighted by Crippen LogP contribution is -2.43. The van der Waals surface area contributed by atoms with Crippen LogP contribution in [-0.4, -0.2) is 46.4 Å². The van der Waals surface area contributed by atoms with Crippen LogP contribution < -0.4 is 15.4 Å². The molecule has 1 aliphatic heterocycles. The Morgan fingerprint density at radius 3 is 2.71 bits per heavy atom. The van der Waals surface area contributed by atoms with Crippen LogP contribution in [0.1, 0.15) is 6.42 Å². The van der Waals surface area contributed by atoms with Gasteiger partial charge in [0.2, 0.25) is 15.9 Å². The van der Waals surface area contributed by atoms with Crippen molar-refractivity contribution in [1.82, 2.24) is 5.32 Å². The molecule has 0 aliphatic carbocycles. The average molecular weight is 313 g/mol. The van der Waals surface area contributed by atoms with Crippen LogP contribution in [-0.2, 0) is 19.6 Å². The maximum Gasteiger partial charge on any atom is 0.229 e. The van der Waals surface area contributed by atoms with E-state index >= 15 is 0 Å². The van der Waals surface area contributed by atoms with Crippen LogP contribution in [0.2, 0.25) is 0 Å². The second-order valence-corrected chi connectivity index (χ2v) is 6.65. The fraction of sp³-hybridized carbons (Fsp3) is 0.462. The number of nitrogens with one attached hydrogen (secondary N) is 3. The van der Waals surface area contributed by atoms with Crippen molar-refractivity contribution in [1.29, 1.82) is 0 Å². The second-order valence-electron chi connectivity index (χ2n) is 4.90. The van der Waals surface area contributed by atoms with Crippen molar-refractivity contribution in [3.05, 3.63) is 24.3 Å². The number of carbonyl (C=O) groups is 1. The summed E-state index contributed by atoms with van der Waals surface area (Å²) in [7, 11) is -3.40. The topological polar surface area (TPSA) is 96.5 Å². The van der Waals surface area contributed by atoms with Gasteiger partial charge in [0.15, 0.2) is 0 Å². The van der Waals surface area contributed by atoms with Crippen LogP contribution in [0.25, 0.3) is 0 Å². The van der Waals surface area contributed by atoms with Crippen LogP contribution in [0.15, 0.2) is 24.3 Å². The summed E-state index contributed by atoms with van der Waals surface area (Å²) >= 11 is 0. The fourth-order valence-corrected chi connectivity index (χ4v) is 2.63. The van der Waals surface area contributed by atoms with Crippen molar-refractivity contribution >= 4 is 27.3 Å². The Morgan fingerprint density at radius 1 is 1.38 bits per heavy atom. The quantitative estimate of drug-likeness (QED) is 0.730. The molecule has 8 heteroatoms. The van der Waals surface area contributed by atoms with Gasteiger partial charge in [0.25, 0.3) is 0 Å². The molecule has 116 valence electrons. The van der Waals surface area contributed by atoms with Gasteiger partial charge in [-0.3, -0.25) is 9.52 Å². The normalized spacial score (nSPS) is 19.0. The third kappa shape index (κ3) is 5.33. The molecule has 0 saturated carbocycles. The molecule has 0 aromatic heterocycles. The molecule has 1 fully saturated rings. The van der Waals surface area contributed by atoms with E-state index < -0.39 is 10.0 Å². The standard InChI is InChI=1S/C13H19N3O4S/c1-21(18,19)16-12-5-3-2-4-11(12)15-13(17)8-10-9-20-7-6-14-10/h2-5,10,14,16H,6-9H2,1H3,(H,15,17). The maximum atomic E-state index is 12.0. The smallest absolute Gasteiger partial charge is 0.229 e. The summed E-state index contributed by atoms with van der Waals surface area (Å²) in [6.45, 7) is 1.88. The molecule has 0 radical (unpaired) electrons. The summed E-state index contributed by atoms with van der Waals surface area (Å²) < 4.78 is 30.3. The number of hydrogen-bond acceptors (Lipinski definition) is 5. The van der Waals surface area contributed by atoms with Gasteiger partial charge in [-0.2, -0.15) is 0 Å². The van der Waals surface area contributed by atoms with E-state index in [1.165, 1.54) is 0 Å². The van der Waals surface area contributed by atoms with Gasteiger partial charge in [0, 0.05) is 19.0 Å². The second kappa shape index (κ2) is 6.88. The van der Waals surface area contributed by atoms with Gasteiger partial charge >= 0.3 is 0 Å². The van der Waals surface area contributed by atoms with Gasteiger partial charge in [0.1, 0.15) is 0 Å². The molecular weight excluding hydrogens is 294 g/mol. The number of anilines is 2. The number of carbonyl (C=O) groups excluding carboxylic acids is 1. The Kier molecular flexibility index (Phi) is 5.16. The summed E-state index contributed by atoms with van der Waals surface area (Å²) in [6.07, 6.45) is 1.34. The Bertz CT molecular complexity index is 597. The minimum absolute atomic E-state index is 0.0196. The molecule has 1 aromatic carbocycles. The van der Waals surface area contributed by atoms with Crippen molar-refractivity contribution in [2.45, 2.75) is 12.5 Å². The van der Waals surface area contributed by atoms with E-state index in [2.05, 4.69) is 15.4 Å². The van der Waals surface area contributed by atoms with Gasteiger partial charge in [-0.25, -0.2) is 8.42 Å². The highest BCUT2D eigenvalue weighted by Crippen LogP contribution is 2.22. The highest BCUT2D eigenvalue weighted by molar-refractivity contribution is 7.92. The number of sulfonamides is 1. The van der Waals surface area contributed by atoms with E-state index in [0.29, 0.717) is 24.6 Å². The van der Waals surface area contributed by atoms with Crippen molar-refractivity contribution in [3.63, 3.8) is 0 Å². The Hall–Kier alpha value is -1.64. The summed E-state index contributed by atoms with van der Waals surface area (Å²) in [4.78, 5) is 12.0. The minimum Gasteiger partial charge on any atom is -0.378 e. The third-order valence-electron chi connectivity index (χ3n) is 2.93. The van der Waals surface area contributed by atoms with E-state index in [9.17, 15) is 13.2 Å². The van der Waals surface area contributed by atoms with Gasteiger partial charge < -0.3 is 15.4 Å². The van der Waals surface area contributed by atoms with Gasteiger partial charge in [0.05, 0.1) is 30.8 Å². The van der Waals surface area contributed by atoms with E-state index in [1.807, 2.05) is 0 Å². The molecule has 1 heterocycles. The van der Waals surface area contributed by atoms with E-state index in [-0.39, 0.29) is 18.4 Å². The Labute approximate surface area is 124 Å².